The lowest BCUT2D eigenvalue weighted by atomic mass is 10.1. The maximum Gasteiger partial charge on any atom is 0.191 e. The number of aliphatic imine (C=N–C) groups is 1. The summed E-state index contributed by atoms with van der Waals surface area (Å²) in [6.07, 6.45) is 2.04. The quantitative estimate of drug-likeness (QED) is 0.624. The molecule has 0 atom stereocenters. The number of guanidine groups is 1. The van der Waals surface area contributed by atoms with E-state index in [4.69, 9.17) is 4.74 Å². The molecule has 2 rings (SSSR count). The lowest BCUT2D eigenvalue weighted by Crippen LogP contribution is -2.38. The van der Waals surface area contributed by atoms with Gasteiger partial charge in [-0.1, -0.05) is 26.0 Å². The Labute approximate surface area is 128 Å². The molecule has 4 nitrogen and oxygen atoms in total. The predicted molar refractivity (Wildman–Crippen MR) is 88.2 cm³/mol. The summed E-state index contributed by atoms with van der Waals surface area (Å²) in [6, 6.07) is 6.52. The molecule has 0 aromatic heterocycles. The van der Waals surface area contributed by atoms with Crippen LogP contribution in [0.1, 0.15) is 31.9 Å². The van der Waals surface area contributed by atoms with Crippen molar-refractivity contribution in [2.45, 2.75) is 33.6 Å². The van der Waals surface area contributed by atoms with E-state index in [-0.39, 0.29) is 0 Å². The van der Waals surface area contributed by atoms with Crippen LogP contribution in [0, 0.1) is 5.92 Å². The van der Waals surface area contributed by atoms with Gasteiger partial charge in [-0.05, 0) is 36.5 Å². The van der Waals surface area contributed by atoms with Crippen LogP contribution in [0.3, 0.4) is 0 Å². The molecule has 0 saturated heterocycles. The van der Waals surface area contributed by atoms with E-state index in [1.54, 1.807) is 0 Å². The molecule has 0 spiro atoms. The van der Waals surface area contributed by atoms with Crippen LogP contribution in [0.15, 0.2) is 23.2 Å². The third-order valence-corrected chi connectivity index (χ3v) is 3.42. The van der Waals surface area contributed by atoms with Gasteiger partial charge in [0.2, 0.25) is 0 Å². The van der Waals surface area contributed by atoms with Crippen LogP contribution < -0.4 is 15.4 Å². The third-order valence-electron chi connectivity index (χ3n) is 3.42. The molecule has 1 aromatic rings. The zero-order chi connectivity index (χ0) is 15.1. The molecule has 2 N–H and O–H groups in total. The van der Waals surface area contributed by atoms with Gasteiger partial charge in [0, 0.05) is 26.1 Å². The molecule has 1 aliphatic heterocycles. The minimum absolute atomic E-state index is 0.581. The van der Waals surface area contributed by atoms with Crippen molar-refractivity contribution in [2.75, 3.05) is 26.2 Å². The normalized spacial score (nSPS) is 14.0. The summed E-state index contributed by atoms with van der Waals surface area (Å²) in [5.41, 5.74) is 2.69. The molecular weight excluding hydrogens is 262 g/mol. The Morgan fingerprint density at radius 1 is 1.33 bits per heavy atom. The molecule has 1 aromatic carbocycles. The summed E-state index contributed by atoms with van der Waals surface area (Å²) in [4.78, 5) is 4.58. The maximum atomic E-state index is 5.54. The number of hydrogen-bond acceptors (Lipinski definition) is 2. The molecule has 0 saturated carbocycles. The zero-order valence-corrected chi connectivity index (χ0v) is 13.4. The van der Waals surface area contributed by atoms with Gasteiger partial charge in [0.05, 0.1) is 6.61 Å². The average molecular weight is 289 g/mol. The topological polar surface area (TPSA) is 45.7 Å². The fourth-order valence-electron chi connectivity index (χ4n) is 2.34. The minimum atomic E-state index is 0.581. The van der Waals surface area contributed by atoms with Gasteiger partial charge >= 0.3 is 0 Å². The average Bonchev–Trinajstić information content (AvgIpc) is 2.92. The fraction of sp³-hybridized carbons (Fsp3) is 0.588. The molecule has 4 heteroatoms. The summed E-state index contributed by atoms with van der Waals surface area (Å²) in [6.45, 7) is 9.91. The van der Waals surface area contributed by atoms with Crippen molar-refractivity contribution in [1.29, 1.82) is 0 Å². The maximum absolute atomic E-state index is 5.54. The number of hydrogen-bond donors (Lipinski definition) is 2. The monoisotopic (exact) mass is 289 g/mol. The molecule has 0 unspecified atom stereocenters. The molecule has 116 valence electrons. The Balaban J connectivity index is 1.82. The molecule has 0 aliphatic carbocycles. The van der Waals surface area contributed by atoms with Crippen LogP contribution in [0.2, 0.25) is 0 Å². The number of ether oxygens (including phenoxy) is 1. The first-order valence-electron chi connectivity index (χ1n) is 7.95. The Bertz CT molecular complexity index is 483. The van der Waals surface area contributed by atoms with Gasteiger partial charge in [0.15, 0.2) is 5.96 Å². The Kier molecular flexibility index (Phi) is 5.90. The molecular formula is C17H27N3O. The number of benzene rings is 1. The first-order valence-corrected chi connectivity index (χ1v) is 7.95. The van der Waals surface area contributed by atoms with Gasteiger partial charge < -0.3 is 15.4 Å². The Morgan fingerprint density at radius 2 is 2.19 bits per heavy atom. The van der Waals surface area contributed by atoms with Crippen molar-refractivity contribution in [3.8, 4) is 5.75 Å². The van der Waals surface area contributed by atoms with E-state index >= 15 is 0 Å². The molecule has 1 heterocycles. The SMILES string of the molecule is CCNC(=NCC(C)C)NCCc1ccc2c(c1)CCO2. The molecule has 0 radical (unpaired) electrons. The lowest BCUT2D eigenvalue weighted by molar-refractivity contribution is 0.357. The highest BCUT2D eigenvalue weighted by Crippen LogP contribution is 2.25. The predicted octanol–water partition coefficient (Wildman–Crippen LogP) is 2.38. The second-order valence-electron chi connectivity index (χ2n) is 5.83. The van der Waals surface area contributed by atoms with Crippen molar-refractivity contribution < 1.29 is 4.74 Å². The number of fused-ring (bicyclic) bond motifs is 1. The number of rotatable bonds is 6. The second-order valence-corrected chi connectivity index (χ2v) is 5.83. The van der Waals surface area contributed by atoms with Crippen molar-refractivity contribution in [1.82, 2.24) is 10.6 Å². The minimum Gasteiger partial charge on any atom is -0.493 e. The van der Waals surface area contributed by atoms with Crippen LogP contribution in [-0.4, -0.2) is 32.2 Å². The lowest BCUT2D eigenvalue weighted by Gasteiger charge is -2.12. The number of nitrogens with zero attached hydrogens (tertiary/aromatic N) is 1. The van der Waals surface area contributed by atoms with E-state index in [1.807, 2.05) is 0 Å². The van der Waals surface area contributed by atoms with Crippen molar-refractivity contribution in [3.05, 3.63) is 29.3 Å². The summed E-state index contributed by atoms with van der Waals surface area (Å²) < 4.78 is 5.54. The van der Waals surface area contributed by atoms with Gasteiger partial charge in [0.1, 0.15) is 5.75 Å². The van der Waals surface area contributed by atoms with Gasteiger partial charge in [-0.2, -0.15) is 0 Å². The van der Waals surface area contributed by atoms with E-state index in [2.05, 4.69) is 54.6 Å². The summed E-state index contributed by atoms with van der Waals surface area (Å²) in [7, 11) is 0. The van der Waals surface area contributed by atoms with Crippen molar-refractivity contribution in [3.63, 3.8) is 0 Å². The first-order chi connectivity index (χ1) is 10.2. The fourth-order valence-corrected chi connectivity index (χ4v) is 2.34. The molecule has 0 amide bonds. The highest BCUT2D eigenvalue weighted by atomic mass is 16.5. The largest absolute Gasteiger partial charge is 0.493 e. The molecule has 0 bridgehead atoms. The van der Waals surface area contributed by atoms with E-state index in [0.29, 0.717) is 5.92 Å². The standard InChI is InChI=1S/C17H27N3O/c1-4-18-17(20-12-13(2)3)19-9-7-14-5-6-16-15(11-14)8-10-21-16/h5-6,11,13H,4,7-10,12H2,1-3H3,(H2,18,19,20). The Morgan fingerprint density at radius 3 is 2.95 bits per heavy atom. The van der Waals surface area contributed by atoms with E-state index in [9.17, 15) is 0 Å². The summed E-state index contributed by atoms with van der Waals surface area (Å²) in [5.74, 6) is 2.55. The van der Waals surface area contributed by atoms with Crippen molar-refractivity contribution in [2.24, 2.45) is 10.9 Å². The van der Waals surface area contributed by atoms with E-state index in [0.717, 1.165) is 50.8 Å². The van der Waals surface area contributed by atoms with Crippen LogP contribution in [-0.2, 0) is 12.8 Å². The molecule has 1 aliphatic rings. The van der Waals surface area contributed by atoms with E-state index < -0.39 is 0 Å². The van der Waals surface area contributed by atoms with Crippen molar-refractivity contribution >= 4 is 5.96 Å². The van der Waals surface area contributed by atoms with Crippen LogP contribution in [0.4, 0.5) is 0 Å². The van der Waals surface area contributed by atoms with Gasteiger partial charge in [-0.25, -0.2) is 0 Å². The molecule has 21 heavy (non-hydrogen) atoms. The van der Waals surface area contributed by atoms with Gasteiger partial charge in [-0.15, -0.1) is 0 Å². The zero-order valence-electron chi connectivity index (χ0n) is 13.4. The third kappa shape index (κ3) is 4.96. The summed E-state index contributed by atoms with van der Waals surface area (Å²) in [5, 5.41) is 6.68. The highest BCUT2D eigenvalue weighted by molar-refractivity contribution is 5.79. The summed E-state index contributed by atoms with van der Waals surface area (Å²) >= 11 is 0. The van der Waals surface area contributed by atoms with Crippen LogP contribution in [0.5, 0.6) is 5.75 Å². The van der Waals surface area contributed by atoms with Gasteiger partial charge in [-0.3, -0.25) is 4.99 Å². The second kappa shape index (κ2) is 7.91. The smallest absolute Gasteiger partial charge is 0.191 e. The Hall–Kier alpha value is -1.71. The highest BCUT2D eigenvalue weighted by Gasteiger charge is 2.11. The van der Waals surface area contributed by atoms with E-state index in [1.165, 1.54) is 11.1 Å². The first kappa shape index (κ1) is 15.7. The molecule has 0 fully saturated rings. The van der Waals surface area contributed by atoms with Crippen LogP contribution in [0.25, 0.3) is 0 Å². The van der Waals surface area contributed by atoms with Crippen LogP contribution >= 0.6 is 0 Å². The number of nitrogens with one attached hydrogen (secondary N) is 2. The van der Waals surface area contributed by atoms with Gasteiger partial charge in [0.25, 0.3) is 0 Å².